The number of carbonyl (C=O) groups is 1. The number of carbonyl (C=O) groups excluding carboxylic acids is 1. The molecule has 132 valence electrons. The average molecular weight is 367 g/mol. The summed E-state index contributed by atoms with van der Waals surface area (Å²) < 4.78 is 18.8. The highest BCUT2D eigenvalue weighted by molar-refractivity contribution is 7.83. The first-order valence-corrected chi connectivity index (χ1v) is 9.61. The van der Waals surface area contributed by atoms with Crippen LogP contribution in [0.3, 0.4) is 0 Å². The third-order valence-corrected chi connectivity index (χ3v) is 5.46. The summed E-state index contributed by atoms with van der Waals surface area (Å²) in [5, 5.41) is 7.52. The van der Waals surface area contributed by atoms with Gasteiger partial charge in [0.05, 0.1) is 30.0 Å². The number of benzene rings is 2. The molecule has 0 unspecified atom stereocenters. The van der Waals surface area contributed by atoms with Gasteiger partial charge >= 0.3 is 0 Å². The van der Waals surface area contributed by atoms with Gasteiger partial charge in [-0.15, -0.1) is 0 Å². The molecule has 0 aliphatic carbocycles. The van der Waals surface area contributed by atoms with E-state index in [1.807, 2.05) is 30.3 Å². The number of hydrogen-bond acceptors (Lipinski definition) is 4. The summed E-state index contributed by atoms with van der Waals surface area (Å²) in [6, 6.07) is 16.5. The first kappa shape index (κ1) is 16.5. The molecule has 2 heterocycles. The maximum absolute atomic E-state index is 12.7. The summed E-state index contributed by atoms with van der Waals surface area (Å²) in [6.45, 7) is 0. The van der Waals surface area contributed by atoms with E-state index in [-0.39, 0.29) is 5.91 Å². The minimum atomic E-state index is -0.970. The molecule has 1 N–H and O–H groups in total. The SMILES string of the molecule is COc1ccc(C(=O)Nc2c3c(nn2-c2ccccc2)C[S@](=O)C3)cc1. The Hall–Kier alpha value is -2.93. The third kappa shape index (κ3) is 3.01. The van der Waals surface area contributed by atoms with Crippen molar-refractivity contribution >= 4 is 22.5 Å². The smallest absolute Gasteiger partial charge is 0.256 e. The van der Waals surface area contributed by atoms with E-state index in [1.165, 1.54) is 0 Å². The van der Waals surface area contributed by atoms with Crippen molar-refractivity contribution in [2.24, 2.45) is 0 Å². The fraction of sp³-hybridized carbons (Fsp3) is 0.158. The van der Waals surface area contributed by atoms with E-state index in [1.54, 1.807) is 36.1 Å². The molecular weight excluding hydrogens is 350 g/mol. The Morgan fingerprint density at radius 3 is 2.54 bits per heavy atom. The largest absolute Gasteiger partial charge is 0.497 e. The van der Waals surface area contributed by atoms with Crippen molar-refractivity contribution in [3.8, 4) is 11.4 Å². The van der Waals surface area contributed by atoms with Crippen LogP contribution >= 0.6 is 0 Å². The molecule has 4 rings (SSSR count). The van der Waals surface area contributed by atoms with Crippen LogP contribution in [-0.2, 0) is 22.3 Å². The number of para-hydroxylation sites is 1. The van der Waals surface area contributed by atoms with Crippen molar-refractivity contribution in [3.63, 3.8) is 0 Å². The Kier molecular flexibility index (Phi) is 4.30. The number of fused-ring (bicyclic) bond motifs is 1. The van der Waals surface area contributed by atoms with Gasteiger partial charge in [-0.05, 0) is 36.4 Å². The number of hydrogen-bond donors (Lipinski definition) is 1. The molecule has 0 bridgehead atoms. The summed E-state index contributed by atoms with van der Waals surface area (Å²) in [7, 11) is 0.610. The molecule has 3 aromatic rings. The maximum Gasteiger partial charge on any atom is 0.256 e. The second-order valence-corrected chi connectivity index (χ2v) is 7.39. The summed E-state index contributed by atoms with van der Waals surface area (Å²) in [5.74, 6) is 1.84. The lowest BCUT2D eigenvalue weighted by molar-refractivity contribution is 0.102. The topological polar surface area (TPSA) is 73.2 Å². The number of aromatic nitrogens is 2. The molecule has 1 aliphatic heterocycles. The number of methoxy groups -OCH3 is 1. The van der Waals surface area contributed by atoms with Gasteiger partial charge in [-0.25, -0.2) is 4.68 Å². The van der Waals surface area contributed by atoms with Gasteiger partial charge in [0, 0.05) is 21.9 Å². The van der Waals surface area contributed by atoms with Crippen LogP contribution in [0.15, 0.2) is 54.6 Å². The molecule has 1 aliphatic rings. The predicted octanol–water partition coefficient (Wildman–Crippen LogP) is 2.90. The normalized spacial score (nSPS) is 15.5. The van der Waals surface area contributed by atoms with Gasteiger partial charge in [-0.2, -0.15) is 5.10 Å². The van der Waals surface area contributed by atoms with Crippen LogP contribution in [0.25, 0.3) is 5.69 Å². The van der Waals surface area contributed by atoms with Gasteiger partial charge in [0.1, 0.15) is 11.6 Å². The van der Waals surface area contributed by atoms with E-state index >= 15 is 0 Å². The van der Waals surface area contributed by atoms with Crippen molar-refractivity contribution in [1.82, 2.24) is 9.78 Å². The van der Waals surface area contributed by atoms with Gasteiger partial charge in [0.2, 0.25) is 0 Å². The van der Waals surface area contributed by atoms with Crippen LogP contribution in [-0.4, -0.2) is 27.0 Å². The summed E-state index contributed by atoms with van der Waals surface area (Å²) in [6.07, 6.45) is 0. The van der Waals surface area contributed by atoms with Crippen LogP contribution in [0, 0.1) is 0 Å². The van der Waals surface area contributed by atoms with Crippen molar-refractivity contribution in [2.45, 2.75) is 11.5 Å². The molecular formula is C19H17N3O3S. The zero-order valence-electron chi connectivity index (χ0n) is 14.1. The Morgan fingerprint density at radius 2 is 1.85 bits per heavy atom. The molecule has 0 saturated carbocycles. The highest BCUT2D eigenvalue weighted by Gasteiger charge is 2.28. The van der Waals surface area contributed by atoms with E-state index in [0.29, 0.717) is 28.6 Å². The van der Waals surface area contributed by atoms with Crippen LogP contribution in [0.5, 0.6) is 5.75 Å². The van der Waals surface area contributed by atoms with Crippen LogP contribution in [0.4, 0.5) is 5.82 Å². The van der Waals surface area contributed by atoms with Crippen molar-refractivity contribution in [2.75, 3.05) is 12.4 Å². The number of rotatable bonds is 4. The molecule has 1 aromatic heterocycles. The van der Waals surface area contributed by atoms with E-state index in [2.05, 4.69) is 10.4 Å². The Labute approximate surface area is 153 Å². The minimum Gasteiger partial charge on any atom is -0.497 e. The summed E-state index contributed by atoms with van der Waals surface area (Å²) in [4.78, 5) is 12.7. The molecule has 7 heteroatoms. The number of amides is 1. The monoisotopic (exact) mass is 367 g/mol. The molecule has 2 aromatic carbocycles. The predicted molar refractivity (Wildman–Crippen MR) is 100 cm³/mol. The number of nitrogens with zero attached hydrogens (tertiary/aromatic N) is 2. The lowest BCUT2D eigenvalue weighted by atomic mass is 10.2. The first-order valence-electron chi connectivity index (χ1n) is 8.12. The molecule has 0 radical (unpaired) electrons. The minimum absolute atomic E-state index is 0.245. The van der Waals surface area contributed by atoms with Crippen molar-refractivity contribution in [3.05, 3.63) is 71.4 Å². The van der Waals surface area contributed by atoms with E-state index in [4.69, 9.17) is 4.74 Å². The molecule has 1 amide bonds. The number of ether oxygens (including phenoxy) is 1. The lowest BCUT2D eigenvalue weighted by Gasteiger charge is -2.11. The second-order valence-electron chi connectivity index (χ2n) is 5.93. The number of nitrogens with one attached hydrogen (secondary N) is 1. The second kappa shape index (κ2) is 6.76. The fourth-order valence-corrected chi connectivity index (χ4v) is 4.20. The molecule has 6 nitrogen and oxygen atoms in total. The highest BCUT2D eigenvalue weighted by Crippen LogP contribution is 2.31. The quantitative estimate of drug-likeness (QED) is 0.770. The van der Waals surface area contributed by atoms with Gasteiger partial charge in [0.25, 0.3) is 5.91 Å². The highest BCUT2D eigenvalue weighted by atomic mass is 32.2. The molecule has 1 atom stereocenters. The molecule has 0 spiro atoms. The van der Waals surface area contributed by atoms with Crippen molar-refractivity contribution < 1.29 is 13.7 Å². The molecule has 26 heavy (non-hydrogen) atoms. The van der Waals surface area contributed by atoms with E-state index < -0.39 is 10.8 Å². The Bertz CT molecular complexity index is 981. The first-order chi connectivity index (χ1) is 12.7. The lowest BCUT2D eigenvalue weighted by Crippen LogP contribution is -2.16. The Morgan fingerprint density at radius 1 is 1.12 bits per heavy atom. The zero-order valence-corrected chi connectivity index (χ0v) is 15.0. The van der Waals surface area contributed by atoms with Crippen LogP contribution in [0.1, 0.15) is 21.6 Å². The zero-order chi connectivity index (χ0) is 18.1. The number of anilines is 1. The van der Waals surface area contributed by atoms with Gasteiger partial charge < -0.3 is 10.1 Å². The standard InChI is InChI=1S/C19H17N3O3S/c1-25-15-9-7-13(8-10-15)19(23)20-18-16-11-26(24)12-17(16)21-22(18)14-5-3-2-4-6-14/h2-10H,11-12H2,1H3,(H,20,23)/t26-/m1/s1. The van der Waals surface area contributed by atoms with Gasteiger partial charge in [-0.1, -0.05) is 18.2 Å². The summed E-state index contributed by atoms with van der Waals surface area (Å²) in [5.41, 5.74) is 2.98. The maximum atomic E-state index is 12.7. The van der Waals surface area contributed by atoms with E-state index in [0.717, 1.165) is 16.9 Å². The third-order valence-electron chi connectivity index (χ3n) is 4.25. The van der Waals surface area contributed by atoms with E-state index in [9.17, 15) is 9.00 Å². The van der Waals surface area contributed by atoms with Crippen molar-refractivity contribution in [1.29, 1.82) is 0 Å². The van der Waals surface area contributed by atoms with Gasteiger partial charge in [0.15, 0.2) is 0 Å². The fourth-order valence-electron chi connectivity index (χ4n) is 2.93. The average Bonchev–Trinajstić information content (AvgIpc) is 3.19. The van der Waals surface area contributed by atoms with Gasteiger partial charge in [-0.3, -0.25) is 9.00 Å². The Balaban J connectivity index is 1.70. The summed E-state index contributed by atoms with van der Waals surface area (Å²) >= 11 is 0. The molecule has 0 saturated heterocycles. The molecule has 0 fully saturated rings. The van der Waals surface area contributed by atoms with Crippen LogP contribution in [0.2, 0.25) is 0 Å². The van der Waals surface area contributed by atoms with Crippen LogP contribution < -0.4 is 10.1 Å².